The highest BCUT2D eigenvalue weighted by Crippen LogP contribution is 2.22. The highest BCUT2D eigenvalue weighted by Gasteiger charge is 2.19. The number of hydrogen-bond donors (Lipinski definition) is 1. The van der Waals surface area contributed by atoms with Crippen LogP contribution < -0.4 is 5.32 Å². The molecule has 4 nitrogen and oxygen atoms in total. The zero-order valence-corrected chi connectivity index (χ0v) is 12.2. The third-order valence-corrected chi connectivity index (χ3v) is 3.45. The van der Waals surface area contributed by atoms with Gasteiger partial charge >= 0.3 is 0 Å². The van der Waals surface area contributed by atoms with E-state index in [4.69, 9.17) is 4.42 Å². The summed E-state index contributed by atoms with van der Waals surface area (Å²) in [5.41, 5.74) is 3.09. The molecule has 1 N–H and O–H groups in total. The van der Waals surface area contributed by atoms with Crippen LogP contribution in [-0.2, 0) is 0 Å². The van der Waals surface area contributed by atoms with Crippen molar-refractivity contribution in [1.29, 1.82) is 0 Å². The Morgan fingerprint density at radius 3 is 2.55 bits per heavy atom. The molecule has 3 aromatic rings. The number of pyridine rings is 1. The maximum absolute atomic E-state index is 12.3. The molecule has 2 aromatic heterocycles. The van der Waals surface area contributed by atoms with Crippen molar-refractivity contribution in [2.75, 3.05) is 0 Å². The van der Waals surface area contributed by atoms with Gasteiger partial charge in [-0.1, -0.05) is 35.9 Å². The van der Waals surface area contributed by atoms with Gasteiger partial charge < -0.3 is 9.73 Å². The topological polar surface area (TPSA) is 55.1 Å². The second-order valence-corrected chi connectivity index (χ2v) is 5.08. The van der Waals surface area contributed by atoms with Gasteiger partial charge in [0.05, 0.1) is 12.3 Å². The molecular weight excluding hydrogens is 276 g/mol. The van der Waals surface area contributed by atoms with E-state index >= 15 is 0 Å². The van der Waals surface area contributed by atoms with Crippen molar-refractivity contribution in [2.24, 2.45) is 0 Å². The molecule has 0 unspecified atom stereocenters. The largest absolute Gasteiger partial charge is 0.459 e. The minimum absolute atomic E-state index is 0.251. The molecule has 1 atom stereocenters. The van der Waals surface area contributed by atoms with Crippen molar-refractivity contribution < 1.29 is 9.21 Å². The first-order chi connectivity index (χ1) is 10.7. The fourth-order valence-corrected chi connectivity index (χ4v) is 2.27. The van der Waals surface area contributed by atoms with Crippen molar-refractivity contribution in [3.8, 4) is 0 Å². The fourth-order valence-electron chi connectivity index (χ4n) is 2.27. The quantitative estimate of drug-likeness (QED) is 0.800. The number of carbonyl (C=O) groups excluding carboxylic acids is 1. The van der Waals surface area contributed by atoms with Gasteiger partial charge in [0.2, 0.25) is 0 Å². The number of benzene rings is 1. The number of furan rings is 1. The summed E-state index contributed by atoms with van der Waals surface area (Å²) in [5, 5.41) is 3.00. The number of aryl methyl sites for hydroxylation is 1. The van der Waals surface area contributed by atoms with Gasteiger partial charge in [-0.05, 0) is 36.2 Å². The van der Waals surface area contributed by atoms with Gasteiger partial charge in [-0.2, -0.15) is 0 Å². The van der Waals surface area contributed by atoms with Gasteiger partial charge in [0.15, 0.2) is 5.76 Å². The van der Waals surface area contributed by atoms with Gasteiger partial charge in [0.25, 0.3) is 5.91 Å². The highest BCUT2D eigenvalue weighted by molar-refractivity contribution is 5.91. The lowest BCUT2D eigenvalue weighted by Crippen LogP contribution is -2.29. The number of nitrogens with zero attached hydrogens (tertiary/aromatic N) is 1. The lowest BCUT2D eigenvalue weighted by Gasteiger charge is -2.19. The molecule has 1 amide bonds. The van der Waals surface area contributed by atoms with Crippen molar-refractivity contribution in [2.45, 2.75) is 13.0 Å². The van der Waals surface area contributed by atoms with E-state index < -0.39 is 0 Å². The van der Waals surface area contributed by atoms with Gasteiger partial charge in [-0.3, -0.25) is 9.78 Å². The molecule has 0 saturated heterocycles. The molecular formula is C18H16N2O2. The predicted molar refractivity (Wildman–Crippen MR) is 83.4 cm³/mol. The van der Waals surface area contributed by atoms with Crippen LogP contribution in [0.5, 0.6) is 0 Å². The molecule has 0 spiro atoms. The molecule has 0 saturated carbocycles. The summed E-state index contributed by atoms with van der Waals surface area (Å²) in [6.07, 6.45) is 4.96. The number of nitrogens with one attached hydrogen (secondary N) is 1. The van der Waals surface area contributed by atoms with Crippen LogP contribution in [0.4, 0.5) is 0 Å². The first-order valence-corrected chi connectivity index (χ1v) is 7.05. The number of hydrogen-bond acceptors (Lipinski definition) is 3. The van der Waals surface area contributed by atoms with Crippen LogP contribution >= 0.6 is 0 Å². The van der Waals surface area contributed by atoms with E-state index in [0.717, 1.165) is 11.1 Å². The molecule has 0 aliphatic rings. The van der Waals surface area contributed by atoms with E-state index in [1.165, 1.54) is 11.8 Å². The zero-order chi connectivity index (χ0) is 15.4. The third-order valence-electron chi connectivity index (χ3n) is 3.45. The van der Waals surface area contributed by atoms with E-state index in [0.29, 0.717) is 5.76 Å². The second-order valence-electron chi connectivity index (χ2n) is 5.08. The zero-order valence-electron chi connectivity index (χ0n) is 12.2. The van der Waals surface area contributed by atoms with Crippen LogP contribution in [-0.4, -0.2) is 10.9 Å². The fraction of sp³-hybridized carbons (Fsp3) is 0.111. The van der Waals surface area contributed by atoms with Crippen molar-refractivity contribution in [3.05, 3.63) is 89.6 Å². The minimum atomic E-state index is -0.271. The standard InChI is InChI=1S/C18H16N2O2/c1-13-6-8-14(9-7-13)17(15-4-2-10-19-12-15)20-18(21)16-5-3-11-22-16/h2-12,17H,1H3,(H,20,21)/t17-/m1/s1. The smallest absolute Gasteiger partial charge is 0.287 e. The van der Waals surface area contributed by atoms with Crippen LogP contribution in [0.1, 0.15) is 33.3 Å². The number of amides is 1. The molecule has 1 aromatic carbocycles. The predicted octanol–water partition coefficient (Wildman–Crippen LogP) is 3.50. The molecule has 0 bridgehead atoms. The molecule has 0 aliphatic heterocycles. The van der Waals surface area contributed by atoms with Crippen molar-refractivity contribution in [1.82, 2.24) is 10.3 Å². The summed E-state index contributed by atoms with van der Waals surface area (Å²) < 4.78 is 5.16. The van der Waals surface area contributed by atoms with Crippen LogP contribution in [0.15, 0.2) is 71.6 Å². The Kier molecular flexibility index (Phi) is 4.01. The van der Waals surface area contributed by atoms with E-state index in [9.17, 15) is 4.79 Å². The normalized spacial score (nSPS) is 11.9. The summed E-state index contributed by atoms with van der Waals surface area (Å²) in [6.45, 7) is 2.03. The Morgan fingerprint density at radius 1 is 1.09 bits per heavy atom. The highest BCUT2D eigenvalue weighted by atomic mass is 16.3. The summed E-state index contributed by atoms with van der Waals surface area (Å²) in [5.74, 6) is 0.0421. The Balaban J connectivity index is 1.93. The second kappa shape index (κ2) is 6.26. The van der Waals surface area contributed by atoms with Crippen LogP contribution in [0, 0.1) is 6.92 Å². The number of aromatic nitrogens is 1. The number of rotatable bonds is 4. The Labute approximate surface area is 128 Å². The van der Waals surface area contributed by atoms with Crippen molar-refractivity contribution >= 4 is 5.91 Å². The maximum atomic E-state index is 12.3. The molecule has 0 fully saturated rings. The number of carbonyl (C=O) groups is 1. The molecule has 3 rings (SSSR count). The SMILES string of the molecule is Cc1ccc([C@@H](NC(=O)c2ccco2)c2cccnc2)cc1. The summed E-state index contributed by atoms with van der Waals surface area (Å²) >= 11 is 0. The lowest BCUT2D eigenvalue weighted by molar-refractivity contribution is 0.0915. The first kappa shape index (κ1) is 14.1. The van der Waals surface area contributed by atoms with Crippen LogP contribution in [0.25, 0.3) is 0 Å². The van der Waals surface area contributed by atoms with Crippen LogP contribution in [0.3, 0.4) is 0 Å². The van der Waals surface area contributed by atoms with Crippen LogP contribution in [0.2, 0.25) is 0 Å². The third kappa shape index (κ3) is 3.06. The monoisotopic (exact) mass is 292 g/mol. The summed E-state index contributed by atoms with van der Waals surface area (Å²) in [6, 6.07) is 14.9. The molecule has 4 heteroatoms. The van der Waals surface area contributed by atoms with E-state index in [2.05, 4.69) is 10.3 Å². The lowest BCUT2D eigenvalue weighted by atomic mass is 9.99. The van der Waals surface area contributed by atoms with Gasteiger partial charge in [0, 0.05) is 12.4 Å². The minimum Gasteiger partial charge on any atom is -0.459 e. The first-order valence-electron chi connectivity index (χ1n) is 7.05. The van der Waals surface area contributed by atoms with E-state index in [1.54, 1.807) is 24.5 Å². The summed E-state index contributed by atoms with van der Waals surface area (Å²) in [7, 11) is 0. The Bertz CT molecular complexity index is 735. The van der Waals surface area contributed by atoms with Gasteiger partial charge in [0.1, 0.15) is 0 Å². The Hall–Kier alpha value is -2.88. The molecule has 0 aliphatic carbocycles. The van der Waals surface area contributed by atoms with Gasteiger partial charge in [-0.25, -0.2) is 0 Å². The van der Waals surface area contributed by atoms with Crippen molar-refractivity contribution in [3.63, 3.8) is 0 Å². The molecule has 2 heterocycles. The average molecular weight is 292 g/mol. The van der Waals surface area contributed by atoms with E-state index in [-0.39, 0.29) is 11.9 Å². The Morgan fingerprint density at radius 2 is 1.91 bits per heavy atom. The molecule has 22 heavy (non-hydrogen) atoms. The van der Waals surface area contributed by atoms with Gasteiger partial charge in [-0.15, -0.1) is 0 Å². The maximum Gasteiger partial charge on any atom is 0.287 e. The average Bonchev–Trinajstić information content (AvgIpc) is 3.09. The summed E-state index contributed by atoms with van der Waals surface area (Å²) in [4.78, 5) is 16.4. The molecule has 0 radical (unpaired) electrons. The molecule has 110 valence electrons. The van der Waals surface area contributed by atoms with E-state index in [1.807, 2.05) is 43.3 Å².